The average Bonchev–Trinajstić information content (AvgIpc) is 2.79. The van der Waals surface area contributed by atoms with Crippen LogP contribution in [0, 0.1) is 0 Å². The standard InChI is InChI=1S/C11H10ClN3O2S/c1-2-17-8-5-3-7(4-6-8)13-9(16)10-14-15-11(12)18-10/h3-6H,2H2,1H3,(H,13,16). The molecule has 94 valence electrons. The summed E-state index contributed by atoms with van der Waals surface area (Å²) < 4.78 is 5.55. The fourth-order valence-corrected chi connectivity index (χ4v) is 2.01. The van der Waals surface area contributed by atoms with E-state index < -0.39 is 0 Å². The largest absolute Gasteiger partial charge is 0.494 e. The molecule has 18 heavy (non-hydrogen) atoms. The highest BCUT2D eigenvalue weighted by Gasteiger charge is 2.11. The molecule has 2 rings (SSSR count). The van der Waals surface area contributed by atoms with Gasteiger partial charge in [0.15, 0.2) is 0 Å². The lowest BCUT2D eigenvalue weighted by Gasteiger charge is -2.05. The maximum absolute atomic E-state index is 11.7. The summed E-state index contributed by atoms with van der Waals surface area (Å²) >= 11 is 6.64. The van der Waals surface area contributed by atoms with E-state index in [1.807, 2.05) is 6.92 Å². The van der Waals surface area contributed by atoms with Gasteiger partial charge < -0.3 is 10.1 Å². The summed E-state index contributed by atoms with van der Waals surface area (Å²) in [6.07, 6.45) is 0. The van der Waals surface area contributed by atoms with Crippen molar-refractivity contribution in [3.8, 4) is 5.75 Å². The molecule has 0 saturated heterocycles. The van der Waals surface area contributed by atoms with Crippen LogP contribution in [-0.4, -0.2) is 22.7 Å². The highest BCUT2D eigenvalue weighted by molar-refractivity contribution is 7.17. The number of hydrogen-bond acceptors (Lipinski definition) is 5. The molecule has 0 unspecified atom stereocenters. The third kappa shape index (κ3) is 3.18. The normalized spacial score (nSPS) is 10.1. The lowest BCUT2D eigenvalue weighted by molar-refractivity contribution is 0.102. The number of aromatic nitrogens is 2. The van der Waals surface area contributed by atoms with Crippen LogP contribution in [0.3, 0.4) is 0 Å². The number of hydrogen-bond donors (Lipinski definition) is 1. The Kier molecular flexibility index (Phi) is 4.11. The number of ether oxygens (including phenoxy) is 1. The minimum atomic E-state index is -0.330. The SMILES string of the molecule is CCOc1ccc(NC(=O)c2nnc(Cl)s2)cc1. The molecule has 5 nitrogen and oxygen atoms in total. The van der Waals surface area contributed by atoms with Gasteiger partial charge in [-0.05, 0) is 42.8 Å². The summed E-state index contributed by atoms with van der Waals surface area (Å²) in [6.45, 7) is 2.52. The Hall–Kier alpha value is -1.66. The number of nitrogens with one attached hydrogen (secondary N) is 1. The fourth-order valence-electron chi connectivity index (χ4n) is 1.28. The van der Waals surface area contributed by atoms with Crippen molar-refractivity contribution in [2.24, 2.45) is 0 Å². The van der Waals surface area contributed by atoms with E-state index in [2.05, 4.69) is 15.5 Å². The van der Waals surface area contributed by atoms with Gasteiger partial charge in [0.2, 0.25) is 9.47 Å². The molecule has 0 aliphatic rings. The van der Waals surface area contributed by atoms with Crippen LogP contribution in [0.2, 0.25) is 4.47 Å². The number of rotatable bonds is 4. The van der Waals surface area contributed by atoms with Gasteiger partial charge in [0.05, 0.1) is 6.61 Å². The molecular weight excluding hydrogens is 274 g/mol. The van der Waals surface area contributed by atoms with E-state index in [-0.39, 0.29) is 15.4 Å². The van der Waals surface area contributed by atoms with Crippen LogP contribution in [-0.2, 0) is 0 Å². The molecule has 1 amide bonds. The molecule has 1 N–H and O–H groups in total. The summed E-state index contributed by atoms with van der Waals surface area (Å²) in [6, 6.07) is 7.08. The highest BCUT2D eigenvalue weighted by atomic mass is 35.5. The van der Waals surface area contributed by atoms with Gasteiger partial charge in [0, 0.05) is 5.69 Å². The van der Waals surface area contributed by atoms with Crippen LogP contribution in [0.4, 0.5) is 5.69 Å². The predicted molar refractivity (Wildman–Crippen MR) is 70.5 cm³/mol. The molecule has 0 saturated carbocycles. The maximum atomic E-state index is 11.7. The summed E-state index contributed by atoms with van der Waals surface area (Å²) in [4.78, 5) is 11.7. The van der Waals surface area contributed by atoms with E-state index in [0.29, 0.717) is 12.3 Å². The van der Waals surface area contributed by atoms with Gasteiger partial charge in [-0.1, -0.05) is 11.3 Å². The highest BCUT2D eigenvalue weighted by Crippen LogP contribution is 2.18. The number of nitrogens with zero attached hydrogens (tertiary/aromatic N) is 2. The molecule has 0 radical (unpaired) electrons. The van der Waals surface area contributed by atoms with Gasteiger partial charge in [-0.15, -0.1) is 10.2 Å². The second-order valence-electron chi connectivity index (χ2n) is 3.27. The van der Waals surface area contributed by atoms with E-state index in [1.54, 1.807) is 24.3 Å². The average molecular weight is 284 g/mol. The first-order valence-electron chi connectivity index (χ1n) is 5.22. The number of halogens is 1. The van der Waals surface area contributed by atoms with Gasteiger partial charge in [-0.25, -0.2) is 0 Å². The van der Waals surface area contributed by atoms with Crippen LogP contribution in [0.25, 0.3) is 0 Å². The molecule has 7 heteroatoms. The summed E-state index contributed by atoms with van der Waals surface area (Å²) in [7, 11) is 0. The molecule has 0 spiro atoms. The lowest BCUT2D eigenvalue weighted by Crippen LogP contribution is -2.11. The van der Waals surface area contributed by atoms with Crippen molar-refractivity contribution in [1.82, 2.24) is 10.2 Å². The van der Waals surface area contributed by atoms with E-state index >= 15 is 0 Å². The van der Waals surface area contributed by atoms with Crippen molar-refractivity contribution in [2.75, 3.05) is 11.9 Å². The zero-order chi connectivity index (χ0) is 13.0. The number of carbonyl (C=O) groups excluding carboxylic acids is 1. The number of carbonyl (C=O) groups is 1. The molecule has 2 aromatic rings. The van der Waals surface area contributed by atoms with Crippen LogP contribution in [0.5, 0.6) is 5.75 Å². The predicted octanol–water partition coefficient (Wildman–Crippen LogP) is 2.84. The van der Waals surface area contributed by atoms with Gasteiger partial charge in [-0.2, -0.15) is 0 Å². The first-order chi connectivity index (χ1) is 8.69. The second-order valence-corrected chi connectivity index (χ2v) is 4.83. The molecule has 0 aliphatic heterocycles. The topological polar surface area (TPSA) is 64.1 Å². The van der Waals surface area contributed by atoms with Crippen LogP contribution >= 0.6 is 22.9 Å². The quantitative estimate of drug-likeness (QED) is 0.937. The monoisotopic (exact) mass is 283 g/mol. The Morgan fingerprint density at radius 2 is 2.11 bits per heavy atom. The van der Waals surface area contributed by atoms with Gasteiger partial charge in [0.25, 0.3) is 5.91 Å². The maximum Gasteiger partial charge on any atom is 0.286 e. The Morgan fingerprint density at radius 3 is 2.67 bits per heavy atom. The molecule has 0 atom stereocenters. The minimum Gasteiger partial charge on any atom is -0.494 e. The van der Waals surface area contributed by atoms with Crippen molar-refractivity contribution in [3.63, 3.8) is 0 Å². The smallest absolute Gasteiger partial charge is 0.286 e. The first kappa shape index (κ1) is 12.8. The number of benzene rings is 1. The van der Waals surface area contributed by atoms with Crippen molar-refractivity contribution >= 4 is 34.5 Å². The summed E-state index contributed by atoms with van der Waals surface area (Å²) in [5, 5.41) is 10.2. The first-order valence-corrected chi connectivity index (χ1v) is 6.41. The lowest BCUT2D eigenvalue weighted by atomic mass is 10.3. The van der Waals surface area contributed by atoms with Crippen molar-refractivity contribution < 1.29 is 9.53 Å². The van der Waals surface area contributed by atoms with Crippen LogP contribution in [0.15, 0.2) is 24.3 Å². The van der Waals surface area contributed by atoms with E-state index in [1.165, 1.54) is 0 Å². The molecule has 0 aliphatic carbocycles. The minimum absolute atomic E-state index is 0.230. The van der Waals surface area contributed by atoms with Crippen molar-refractivity contribution in [1.29, 1.82) is 0 Å². The van der Waals surface area contributed by atoms with Crippen LogP contribution in [0.1, 0.15) is 16.7 Å². The zero-order valence-corrected chi connectivity index (χ0v) is 11.1. The Bertz CT molecular complexity index is 541. The molecule has 0 bridgehead atoms. The van der Waals surface area contributed by atoms with Crippen molar-refractivity contribution in [3.05, 3.63) is 33.7 Å². The third-order valence-corrected chi connectivity index (χ3v) is 3.04. The van der Waals surface area contributed by atoms with Gasteiger partial charge in [-0.3, -0.25) is 4.79 Å². The summed E-state index contributed by atoms with van der Waals surface area (Å²) in [5.74, 6) is 0.429. The van der Waals surface area contributed by atoms with E-state index in [0.717, 1.165) is 17.1 Å². The Morgan fingerprint density at radius 1 is 1.39 bits per heavy atom. The molecule has 1 heterocycles. The Labute approximate surface area is 113 Å². The molecular formula is C11H10ClN3O2S. The van der Waals surface area contributed by atoms with Crippen molar-refractivity contribution in [2.45, 2.75) is 6.92 Å². The van der Waals surface area contributed by atoms with Gasteiger partial charge in [0.1, 0.15) is 5.75 Å². The second kappa shape index (κ2) is 5.79. The molecule has 1 aromatic heterocycles. The summed E-state index contributed by atoms with van der Waals surface area (Å²) in [5.41, 5.74) is 0.662. The van der Waals surface area contributed by atoms with E-state index in [9.17, 15) is 4.79 Å². The van der Waals surface area contributed by atoms with Crippen LogP contribution < -0.4 is 10.1 Å². The third-order valence-electron chi connectivity index (χ3n) is 2.02. The Balaban J connectivity index is 2.03. The molecule has 1 aromatic carbocycles. The number of anilines is 1. The van der Waals surface area contributed by atoms with E-state index in [4.69, 9.17) is 16.3 Å². The fraction of sp³-hybridized carbons (Fsp3) is 0.182. The number of amides is 1. The van der Waals surface area contributed by atoms with Gasteiger partial charge >= 0.3 is 0 Å². The molecule has 0 fully saturated rings. The zero-order valence-electron chi connectivity index (χ0n) is 9.51.